The van der Waals surface area contributed by atoms with Crippen LogP contribution in [0.4, 0.5) is 0 Å². The summed E-state index contributed by atoms with van der Waals surface area (Å²) >= 11 is 0. The molecule has 4 nitrogen and oxygen atoms in total. The molecule has 4 heteroatoms. The molecule has 3 atom stereocenters. The van der Waals surface area contributed by atoms with Crippen LogP contribution in [0.5, 0.6) is 0 Å². The molecule has 3 unspecified atom stereocenters. The second-order valence-corrected chi connectivity index (χ2v) is 7.22. The van der Waals surface area contributed by atoms with Gasteiger partial charge in [-0.25, -0.2) is 0 Å². The smallest absolute Gasteiger partial charge is 0.0536 e. The fourth-order valence-corrected chi connectivity index (χ4v) is 3.74. The quantitative estimate of drug-likeness (QED) is 0.873. The van der Waals surface area contributed by atoms with Crippen LogP contribution in [0.2, 0.25) is 0 Å². The second-order valence-electron chi connectivity index (χ2n) is 7.22. The van der Waals surface area contributed by atoms with Crippen LogP contribution in [0, 0.1) is 11.8 Å². The molecule has 1 aliphatic carbocycles. The Balaban J connectivity index is 1.67. The van der Waals surface area contributed by atoms with E-state index in [-0.39, 0.29) is 0 Å². The number of nitrogens with one attached hydrogen (secondary N) is 1. The number of hydrogen-bond acceptors (Lipinski definition) is 3. The van der Waals surface area contributed by atoms with Gasteiger partial charge in [0.2, 0.25) is 0 Å². The zero-order valence-electron chi connectivity index (χ0n) is 13.8. The minimum Gasteiger partial charge on any atom is -0.311 e. The van der Waals surface area contributed by atoms with E-state index < -0.39 is 0 Å². The van der Waals surface area contributed by atoms with Crippen LogP contribution >= 0.6 is 0 Å². The third-order valence-corrected chi connectivity index (χ3v) is 5.81. The fraction of sp³-hybridized carbons (Fsp3) is 0.824. The van der Waals surface area contributed by atoms with Crippen LogP contribution < -0.4 is 5.32 Å². The van der Waals surface area contributed by atoms with Crippen molar-refractivity contribution in [1.29, 1.82) is 0 Å². The van der Waals surface area contributed by atoms with Crippen LogP contribution in [0.15, 0.2) is 18.5 Å². The van der Waals surface area contributed by atoms with E-state index >= 15 is 0 Å². The topological polar surface area (TPSA) is 33.1 Å². The molecule has 0 radical (unpaired) electrons. The Morgan fingerprint density at radius 2 is 2.19 bits per heavy atom. The predicted molar refractivity (Wildman–Crippen MR) is 86.2 cm³/mol. The summed E-state index contributed by atoms with van der Waals surface area (Å²) in [6, 6.07) is 2.65. The first-order valence-corrected chi connectivity index (χ1v) is 8.59. The van der Waals surface area contributed by atoms with E-state index in [4.69, 9.17) is 0 Å². The van der Waals surface area contributed by atoms with Crippen molar-refractivity contribution >= 4 is 0 Å². The lowest BCUT2D eigenvalue weighted by Gasteiger charge is -2.50. The van der Waals surface area contributed by atoms with Crippen molar-refractivity contribution in [2.75, 3.05) is 19.6 Å². The highest BCUT2D eigenvalue weighted by atomic mass is 15.3. The molecule has 2 fully saturated rings. The van der Waals surface area contributed by atoms with Crippen molar-refractivity contribution in [2.45, 2.75) is 58.2 Å². The molecular formula is C17H30N4. The first-order chi connectivity index (χ1) is 10.1. The standard InChI is InChI=1S/C17H30N4/c1-4-14(2)16-12-20(10-11-21-9-5-8-19-21)17(3,13-18-16)15-6-7-15/h5,8-9,14-16,18H,4,6-7,10-13H2,1-3H3. The summed E-state index contributed by atoms with van der Waals surface area (Å²) in [6.45, 7) is 11.6. The van der Waals surface area contributed by atoms with Gasteiger partial charge in [-0.3, -0.25) is 9.58 Å². The zero-order valence-corrected chi connectivity index (χ0v) is 13.8. The van der Waals surface area contributed by atoms with Crippen molar-refractivity contribution in [1.82, 2.24) is 20.0 Å². The highest BCUT2D eigenvalue weighted by molar-refractivity contribution is 5.05. The van der Waals surface area contributed by atoms with Crippen LogP contribution in [-0.4, -0.2) is 45.9 Å². The molecule has 0 amide bonds. The third kappa shape index (κ3) is 3.16. The molecule has 0 aromatic carbocycles. The molecule has 1 saturated heterocycles. The highest BCUT2D eigenvalue weighted by Gasteiger charge is 2.48. The molecule has 1 aromatic heterocycles. The minimum absolute atomic E-state index is 0.344. The lowest BCUT2D eigenvalue weighted by Crippen LogP contribution is -2.66. The van der Waals surface area contributed by atoms with Crippen molar-refractivity contribution < 1.29 is 0 Å². The van der Waals surface area contributed by atoms with Crippen molar-refractivity contribution in [3.63, 3.8) is 0 Å². The van der Waals surface area contributed by atoms with E-state index in [2.05, 4.69) is 47.0 Å². The number of piperazine rings is 1. The maximum absolute atomic E-state index is 4.35. The van der Waals surface area contributed by atoms with Gasteiger partial charge < -0.3 is 5.32 Å². The van der Waals surface area contributed by atoms with Gasteiger partial charge in [0.05, 0.1) is 6.54 Å². The number of aromatic nitrogens is 2. The summed E-state index contributed by atoms with van der Waals surface area (Å²) in [4.78, 5) is 2.75. The number of rotatable bonds is 6. The molecule has 3 rings (SSSR count). The average molecular weight is 290 g/mol. The first kappa shape index (κ1) is 15.0. The molecule has 0 spiro atoms. The average Bonchev–Trinajstić information content (AvgIpc) is 3.24. The minimum atomic E-state index is 0.344. The molecule has 21 heavy (non-hydrogen) atoms. The Labute approximate surface area is 128 Å². The van der Waals surface area contributed by atoms with E-state index in [1.54, 1.807) is 0 Å². The van der Waals surface area contributed by atoms with Gasteiger partial charge in [0.1, 0.15) is 0 Å². The molecular weight excluding hydrogens is 260 g/mol. The number of nitrogens with zero attached hydrogens (tertiary/aromatic N) is 3. The molecule has 1 aromatic rings. The van der Waals surface area contributed by atoms with Gasteiger partial charge in [0.25, 0.3) is 0 Å². The molecule has 2 aliphatic rings. The molecule has 1 saturated carbocycles. The SMILES string of the molecule is CCC(C)C1CN(CCn2cccn2)C(C)(C2CC2)CN1. The van der Waals surface area contributed by atoms with Gasteiger partial charge in [0.15, 0.2) is 0 Å². The maximum atomic E-state index is 4.35. The first-order valence-electron chi connectivity index (χ1n) is 8.59. The third-order valence-electron chi connectivity index (χ3n) is 5.81. The second kappa shape index (κ2) is 6.09. The molecule has 1 N–H and O–H groups in total. The van der Waals surface area contributed by atoms with E-state index in [0.29, 0.717) is 11.6 Å². The lowest BCUT2D eigenvalue weighted by molar-refractivity contribution is 0.0201. The summed E-state index contributed by atoms with van der Waals surface area (Å²) in [5.41, 5.74) is 0.344. The monoisotopic (exact) mass is 290 g/mol. The Hall–Kier alpha value is -0.870. The van der Waals surface area contributed by atoms with Crippen molar-refractivity contribution in [3.8, 4) is 0 Å². The normalized spacial score (nSPS) is 32.2. The maximum Gasteiger partial charge on any atom is 0.0536 e. The van der Waals surface area contributed by atoms with E-state index in [0.717, 1.165) is 31.5 Å². The van der Waals surface area contributed by atoms with Gasteiger partial charge in [-0.2, -0.15) is 5.10 Å². The molecule has 118 valence electrons. The summed E-state index contributed by atoms with van der Waals surface area (Å²) in [5, 5.41) is 8.19. The van der Waals surface area contributed by atoms with E-state index in [1.807, 2.05) is 12.3 Å². The predicted octanol–water partition coefficient (Wildman–Crippen LogP) is 2.37. The lowest BCUT2D eigenvalue weighted by atomic mass is 9.86. The Morgan fingerprint density at radius 3 is 2.81 bits per heavy atom. The number of hydrogen-bond donors (Lipinski definition) is 1. The van der Waals surface area contributed by atoms with E-state index in [1.165, 1.54) is 25.8 Å². The van der Waals surface area contributed by atoms with Crippen molar-refractivity contribution in [3.05, 3.63) is 18.5 Å². The van der Waals surface area contributed by atoms with Gasteiger partial charge in [-0.05, 0) is 37.7 Å². The highest BCUT2D eigenvalue weighted by Crippen LogP contribution is 2.44. The van der Waals surface area contributed by atoms with Crippen LogP contribution in [0.1, 0.15) is 40.0 Å². The van der Waals surface area contributed by atoms with Crippen LogP contribution in [0.25, 0.3) is 0 Å². The Morgan fingerprint density at radius 1 is 1.38 bits per heavy atom. The van der Waals surface area contributed by atoms with Crippen molar-refractivity contribution in [2.24, 2.45) is 11.8 Å². The summed E-state index contributed by atoms with van der Waals surface area (Å²) < 4.78 is 2.06. The summed E-state index contributed by atoms with van der Waals surface area (Å²) in [7, 11) is 0. The van der Waals surface area contributed by atoms with Gasteiger partial charge in [0, 0.05) is 43.6 Å². The molecule has 1 aliphatic heterocycles. The fourth-order valence-electron chi connectivity index (χ4n) is 3.74. The van der Waals surface area contributed by atoms with Gasteiger partial charge in [-0.1, -0.05) is 20.3 Å². The molecule has 0 bridgehead atoms. The summed E-state index contributed by atoms with van der Waals surface area (Å²) in [5.74, 6) is 1.64. The summed E-state index contributed by atoms with van der Waals surface area (Å²) in [6.07, 6.45) is 8.02. The Bertz CT molecular complexity index is 440. The van der Waals surface area contributed by atoms with Gasteiger partial charge in [-0.15, -0.1) is 0 Å². The largest absolute Gasteiger partial charge is 0.311 e. The van der Waals surface area contributed by atoms with Crippen LogP contribution in [0.3, 0.4) is 0 Å². The zero-order chi connectivity index (χ0) is 14.9. The van der Waals surface area contributed by atoms with E-state index in [9.17, 15) is 0 Å². The Kier molecular flexibility index (Phi) is 4.36. The van der Waals surface area contributed by atoms with Gasteiger partial charge >= 0.3 is 0 Å². The van der Waals surface area contributed by atoms with Crippen LogP contribution in [-0.2, 0) is 6.54 Å². The molecule has 2 heterocycles.